The Morgan fingerprint density at radius 3 is 2.37 bits per heavy atom. The third-order valence-electron chi connectivity index (χ3n) is 7.25. The minimum atomic E-state index is -1.01. The zero-order valence-electron chi connectivity index (χ0n) is 24.4. The van der Waals surface area contributed by atoms with Crippen molar-refractivity contribution in [3.8, 4) is 5.75 Å². The van der Waals surface area contributed by atoms with Crippen molar-refractivity contribution in [1.29, 1.82) is 0 Å². The maximum absolute atomic E-state index is 13.5. The van der Waals surface area contributed by atoms with Gasteiger partial charge in [-0.25, -0.2) is 0 Å². The van der Waals surface area contributed by atoms with E-state index in [4.69, 9.17) is 4.74 Å². The van der Waals surface area contributed by atoms with Crippen molar-refractivity contribution in [2.45, 2.75) is 96.6 Å². The number of ether oxygens (including phenoxy) is 1. The fourth-order valence-corrected chi connectivity index (χ4v) is 5.16. The van der Waals surface area contributed by atoms with E-state index in [1.165, 1.54) is 11.8 Å². The smallest absolute Gasteiger partial charge is 0.245 e. The molecule has 226 valence electrons. The van der Waals surface area contributed by atoms with Gasteiger partial charge in [0.1, 0.15) is 36.5 Å². The average molecular weight is 574 g/mol. The molecular weight excluding hydrogens is 530 g/mol. The summed E-state index contributed by atoms with van der Waals surface area (Å²) in [7, 11) is 0. The summed E-state index contributed by atoms with van der Waals surface area (Å²) in [5.74, 6) is -1.58. The fourth-order valence-electron chi connectivity index (χ4n) is 5.16. The second-order valence-corrected chi connectivity index (χ2v) is 11.3. The SMILES string of the molecule is CC[C@@H]1NC(=O)[C@@H](NC(C)=O)Cc2ccc(cc2)OC[C@H](CC(C)C)NC(=O)[C@@H](C)NC(=O)[C@@H]2C[C@@H](O)CN2C1=O. The van der Waals surface area contributed by atoms with Crippen molar-refractivity contribution >= 4 is 29.5 Å². The molecule has 1 aromatic carbocycles. The van der Waals surface area contributed by atoms with Crippen LogP contribution in [0.1, 0.15) is 59.4 Å². The topological polar surface area (TPSA) is 166 Å². The van der Waals surface area contributed by atoms with Crippen molar-refractivity contribution in [3.05, 3.63) is 29.8 Å². The fraction of sp³-hybridized carbons (Fsp3) is 0.621. The van der Waals surface area contributed by atoms with Crippen molar-refractivity contribution < 1.29 is 33.8 Å². The molecule has 1 fully saturated rings. The summed E-state index contributed by atoms with van der Waals surface area (Å²) in [5, 5.41) is 21.3. The Bertz CT molecular complexity index is 1110. The number of aliphatic hydroxyl groups excluding tert-OH is 1. The van der Waals surface area contributed by atoms with E-state index < -0.39 is 59.8 Å². The van der Waals surface area contributed by atoms with Crippen LogP contribution in [0.25, 0.3) is 0 Å². The van der Waals surface area contributed by atoms with E-state index in [-0.39, 0.29) is 44.4 Å². The highest BCUT2D eigenvalue weighted by molar-refractivity contribution is 5.95. The second kappa shape index (κ2) is 14.3. The first-order chi connectivity index (χ1) is 19.4. The van der Waals surface area contributed by atoms with Crippen molar-refractivity contribution in [2.75, 3.05) is 13.2 Å². The van der Waals surface area contributed by atoms with E-state index in [0.29, 0.717) is 12.2 Å². The molecule has 0 aromatic heterocycles. The number of fused-ring (bicyclic) bond motifs is 14. The average Bonchev–Trinajstić information content (AvgIpc) is 3.30. The van der Waals surface area contributed by atoms with Gasteiger partial charge in [-0.3, -0.25) is 24.0 Å². The lowest BCUT2D eigenvalue weighted by Crippen LogP contribution is -2.58. The lowest BCUT2D eigenvalue weighted by molar-refractivity contribution is -0.142. The maximum atomic E-state index is 13.5. The highest BCUT2D eigenvalue weighted by Crippen LogP contribution is 2.21. The number of aliphatic hydroxyl groups is 1. The molecule has 3 heterocycles. The summed E-state index contributed by atoms with van der Waals surface area (Å²) in [5.41, 5.74) is 0.764. The van der Waals surface area contributed by atoms with Crippen LogP contribution in [-0.2, 0) is 30.4 Å². The molecule has 2 bridgehead atoms. The monoisotopic (exact) mass is 573 g/mol. The van der Waals surface area contributed by atoms with E-state index in [1.54, 1.807) is 38.1 Å². The van der Waals surface area contributed by atoms with Gasteiger partial charge in [0.05, 0.1) is 12.1 Å². The number of hydrogen-bond donors (Lipinski definition) is 5. The number of amides is 5. The first-order valence-electron chi connectivity index (χ1n) is 14.3. The van der Waals surface area contributed by atoms with Crippen LogP contribution in [0.15, 0.2) is 24.3 Å². The number of rotatable bonds is 4. The third-order valence-corrected chi connectivity index (χ3v) is 7.25. The van der Waals surface area contributed by atoms with Crippen LogP contribution < -0.4 is 26.0 Å². The molecule has 0 saturated carbocycles. The standard InChI is InChI=1S/C29H43N5O7/c1-6-23-29(40)34-14-21(36)13-25(34)28(39)30-17(4)26(37)32-20(11-16(2)3)15-41-22-9-7-19(8-10-22)12-24(27(38)33-23)31-18(5)35/h7-10,16-17,20-21,23-25,36H,6,11-15H2,1-5H3,(H,30,39)(H,31,35)(H,32,37)(H,33,38)/t17-,20+,21-,23+,24+,25+/m1/s1. The van der Waals surface area contributed by atoms with Gasteiger partial charge < -0.3 is 36.0 Å². The molecule has 0 spiro atoms. The van der Waals surface area contributed by atoms with E-state index in [2.05, 4.69) is 21.3 Å². The number of carbonyl (C=O) groups excluding carboxylic acids is 5. The molecule has 0 radical (unpaired) electrons. The summed E-state index contributed by atoms with van der Waals surface area (Å²) < 4.78 is 5.96. The first-order valence-corrected chi connectivity index (χ1v) is 14.3. The van der Waals surface area contributed by atoms with Crippen LogP contribution in [-0.4, -0.2) is 89.0 Å². The summed E-state index contributed by atoms with van der Waals surface area (Å²) >= 11 is 0. The van der Waals surface area contributed by atoms with E-state index in [1.807, 2.05) is 13.8 Å². The molecule has 4 rings (SSSR count). The van der Waals surface area contributed by atoms with Gasteiger partial charge in [0.15, 0.2) is 0 Å². The summed E-state index contributed by atoms with van der Waals surface area (Å²) in [4.78, 5) is 66.2. The third kappa shape index (κ3) is 8.91. The van der Waals surface area contributed by atoms with Gasteiger partial charge in [-0.2, -0.15) is 0 Å². The lowest BCUT2D eigenvalue weighted by atomic mass is 10.0. The molecule has 1 aromatic rings. The molecule has 0 unspecified atom stereocenters. The zero-order chi connectivity index (χ0) is 30.3. The van der Waals surface area contributed by atoms with Crippen LogP contribution >= 0.6 is 0 Å². The molecule has 5 N–H and O–H groups in total. The van der Waals surface area contributed by atoms with Crippen LogP contribution in [0.3, 0.4) is 0 Å². The number of nitrogens with one attached hydrogen (secondary N) is 4. The molecule has 1 saturated heterocycles. The molecule has 41 heavy (non-hydrogen) atoms. The van der Waals surface area contributed by atoms with Gasteiger partial charge in [-0.05, 0) is 43.4 Å². The maximum Gasteiger partial charge on any atom is 0.245 e. The Morgan fingerprint density at radius 2 is 1.76 bits per heavy atom. The van der Waals surface area contributed by atoms with E-state index in [9.17, 15) is 29.1 Å². The number of carbonyl (C=O) groups is 5. The van der Waals surface area contributed by atoms with Crippen molar-refractivity contribution in [1.82, 2.24) is 26.2 Å². The number of nitrogens with zero attached hydrogens (tertiary/aromatic N) is 1. The lowest BCUT2D eigenvalue weighted by Gasteiger charge is -2.30. The van der Waals surface area contributed by atoms with Crippen LogP contribution in [0.4, 0.5) is 0 Å². The Hall–Kier alpha value is -3.67. The highest BCUT2D eigenvalue weighted by Gasteiger charge is 2.42. The molecule has 5 amide bonds. The minimum absolute atomic E-state index is 0.00419. The Balaban J connectivity index is 1.94. The summed E-state index contributed by atoms with van der Waals surface area (Å²) in [6, 6.07) is 2.93. The minimum Gasteiger partial charge on any atom is -0.491 e. The number of hydrogen-bond acceptors (Lipinski definition) is 7. The van der Waals surface area contributed by atoms with Gasteiger partial charge in [0.25, 0.3) is 0 Å². The predicted molar refractivity (Wildman–Crippen MR) is 151 cm³/mol. The van der Waals surface area contributed by atoms with Gasteiger partial charge in [0.2, 0.25) is 29.5 Å². The molecule has 6 atom stereocenters. The van der Waals surface area contributed by atoms with Crippen LogP contribution in [0.2, 0.25) is 0 Å². The molecule has 12 nitrogen and oxygen atoms in total. The van der Waals surface area contributed by atoms with Gasteiger partial charge in [-0.15, -0.1) is 0 Å². The Morgan fingerprint density at radius 1 is 1.07 bits per heavy atom. The first kappa shape index (κ1) is 31.9. The Kier molecular flexibility index (Phi) is 11.1. The van der Waals surface area contributed by atoms with Crippen molar-refractivity contribution in [2.24, 2.45) is 5.92 Å². The quantitative estimate of drug-likeness (QED) is 0.317. The normalized spacial score (nSPS) is 28.3. The van der Waals surface area contributed by atoms with Crippen molar-refractivity contribution in [3.63, 3.8) is 0 Å². The molecule has 12 heteroatoms. The number of benzene rings is 1. The summed E-state index contributed by atoms with van der Waals surface area (Å²) in [6.45, 7) is 8.77. The van der Waals surface area contributed by atoms with Crippen LogP contribution in [0.5, 0.6) is 5.75 Å². The summed E-state index contributed by atoms with van der Waals surface area (Å²) in [6.07, 6.45) is 0.113. The van der Waals surface area contributed by atoms with Gasteiger partial charge in [-0.1, -0.05) is 32.9 Å². The Labute approximate surface area is 240 Å². The van der Waals surface area contributed by atoms with Gasteiger partial charge in [0, 0.05) is 26.3 Å². The van der Waals surface area contributed by atoms with E-state index in [0.717, 1.165) is 5.56 Å². The molecule has 0 aliphatic carbocycles. The molecular formula is C29H43N5O7. The molecule has 3 aliphatic heterocycles. The predicted octanol–water partition coefficient (Wildman–Crippen LogP) is 0.0184. The van der Waals surface area contributed by atoms with Gasteiger partial charge >= 0.3 is 0 Å². The van der Waals surface area contributed by atoms with E-state index >= 15 is 0 Å². The highest BCUT2D eigenvalue weighted by atomic mass is 16.5. The largest absolute Gasteiger partial charge is 0.491 e. The molecule has 3 aliphatic rings. The van der Waals surface area contributed by atoms with Crippen LogP contribution in [0, 0.1) is 5.92 Å². The second-order valence-electron chi connectivity index (χ2n) is 11.3. The zero-order valence-corrected chi connectivity index (χ0v) is 24.4.